The molecule has 0 N–H and O–H groups in total. The maximum atomic E-state index is 10.5. The molecule has 0 unspecified atom stereocenters. The van der Waals surface area contributed by atoms with Gasteiger partial charge < -0.3 is 9.47 Å². The van der Waals surface area contributed by atoms with Crippen LogP contribution in [0.3, 0.4) is 0 Å². The van der Waals surface area contributed by atoms with Crippen molar-refractivity contribution in [1.29, 1.82) is 0 Å². The van der Waals surface area contributed by atoms with Gasteiger partial charge in [0.25, 0.3) is 0 Å². The monoisotopic (exact) mass is 140 g/mol. The normalized spacial score (nSPS) is 15.4. The van der Waals surface area contributed by atoms with Crippen LogP contribution in [0.15, 0.2) is 23.7 Å². The molecule has 1 rings (SSSR count). The van der Waals surface area contributed by atoms with E-state index in [4.69, 9.17) is 4.74 Å². The van der Waals surface area contributed by atoms with Gasteiger partial charge in [-0.2, -0.15) is 0 Å². The van der Waals surface area contributed by atoms with Crippen LogP contribution >= 0.6 is 0 Å². The first-order valence-corrected chi connectivity index (χ1v) is 2.89. The molecule has 0 saturated carbocycles. The van der Waals surface area contributed by atoms with E-state index in [0.29, 0.717) is 0 Å². The number of esters is 1. The van der Waals surface area contributed by atoms with E-state index < -0.39 is 0 Å². The fourth-order valence-electron chi connectivity index (χ4n) is 0.503. The number of carbonyl (C=O) groups is 1. The lowest BCUT2D eigenvalue weighted by Crippen LogP contribution is -1.92. The minimum Gasteiger partial charge on any atom is -0.466 e. The van der Waals surface area contributed by atoms with Crippen molar-refractivity contribution < 1.29 is 14.3 Å². The Balaban J connectivity index is 2.38. The van der Waals surface area contributed by atoms with E-state index in [1.807, 2.05) is 6.92 Å². The van der Waals surface area contributed by atoms with Crippen LogP contribution in [0, 0.1) is 0 Å². The summed E-state index contributed by atoms with van der Waals surface area (Å²) in [5.74, 6) is 1.25. The fraction of sp³-hybridized carbons (Fsp3) is 0.286. The van der Waals surface area contributed by atoms with E-state index >= 15 is 0 Å². The molecule has 54 valence electrons. The number of hydrogen-bond acceptors (Lipinski definition) is 3. The third-order valence-corrected chi connectivity index (χ3v) is 1.14. The summed E-state index contributed by atoms with van der Waals surface area (Å²) in [6.07, 6.45) is 2.91. The molecule has 1 aliphatic heterocycles. The molecule has 0 aliphatic carbocycles. The molecular weight excluding hydrogens is 132 g/mol. The van der Waals surface area contributed by atoms with Gasteiger partial charge in [-0.15, -0.1) is 0 Å². The molecular formula is C7H8O3. The van der Waals surface area contributed by atoms with E-state index in [-0.39, 0.29) is 5.97 Å². The summed E-state index contributed by atoms with van der Waals surface area (Å²) < 4.78 is 9.21. The van der Waals surface area contributed by atoms with Crippen LogP contribution in [0.4, 0.5) is 0 Å². The highest BCUT2D eigenvalue weighted by molar-refractivity contribution is 5.82. The highest BCUT2D eigenvalue weighted by Gasteiger charge is 2.15. The Hall–Kier alpha value is -1.25. The summed E-state index contributed by atoms with van der Waals surface area (Å²) in [5.41, 5.74) is 0. The molecule has 0 aromatic carbocycles. The minimum absolute atomic E-state index is 0.365. The van der Waals surface area contributed by atoms with Crippen LogP contribution in [0.1, 0.15) is 6.92 Å². The molecule has 3 nitrogen and oxygen atoms in total. The van der Waals surface area contributed by atoms with E-state index in [9.17, 15) is 4.79 Å². The Morgan fingerprint density at radius 3 is 2.70 bits per heavy atom. The second-order valence-corrected chi connectivity index (χ2v) is 1.88. The van der Waals surface area contributed by atoms with Gasteiger partial charge in [-0.1, -0.05) is 0 Å². The maximum Gasteiger partial charge on any atom is 0.330 e. The summed E-state index contributed by atoms with van der Waals surface area (Å²) in [4.78, 5) is 10.5. The lowest BCUT2D eigenvalue weighted by molar-refractivity contribution is -0.134. The SMILES string of the molecule is COC(=O)C=CC1=C(C)O1. The third kappa shape index (κ3) is 1.62. The Labute approximate surface area is 58.9 Å². The van der Waals surface area contributed by atoms with Gasteiger partial charge in [0.05, 0.1) is 7.11 Å². The molecule has 0 aromatic heterocycles. The van der Waals surface area contributed by atoms with Crippen LogP contribution in [-0.2, 0) is 14.3 Å². The van der Waals surface area contributed by atoms with Gasteiger partial charge in [0.2, 0.25) is 0 Å². The van der Waals surface area contributed by atoms with E-state index in [0.717, 1.165) is 11.5 Å². The van der Waals surface area contributed by atoms with Gasteiger partial charge in [-0.3, -0.25) is 0 Å². The average Bonchev–Trinajstić information content (AvgIpc) is 2.61. The number of rotatable bonds is 2. The summed E-state index contributed by atoms with van der Waals surface area (Å²) in [6, 6.07) is 0. The Morgan fingerprint density at radius 2 is 2.30 bits per heavy atom. The standard InChI is InChI=1S/C7H8O3/c1-5-6(10-5)3-4-7(8)9-2/h3-4H,1-2H3. The number of carbonyl (C=O) groups excluding carboxylic acids is 1. The van der Waals surface area contributed by atoms with Gasteiger partial charge in [0.15, 0.2) is 5.76 Å². The van der Waals surface area contributed by atoms with Crippen molar-refractivity contribution in [3.63, 3.8) is 0 Å². The second kappa shape index (κ2) is 2.56. The van der Waals surface area contributed by atoms with Crippen molar-refractivity contribution in [1.82, 2.24) is 0 Å². The van der Waals surface area contributed by atoms with Crippen LogP contribution in [-0.4, -0.2) is 13.1 Å². The molecule has 0 amide bonds. The van der Waals surface area contributed by atoms with Gasteiger partial charge in [0.1, 0.15) is 5.76 Å². The summed E-state index contributed by atoms with van der Waals surface area (Å²) in [5, 5.41) is 0. The highest BCUT2D eigenvalue weighted by Crippen LogP contribution is 2.25. The smallest absolute Gasteiger partial charge is 0.330 e. The second-order valence-electron chi connectivity index (χ2n) is 1.88. The molecule has 0 aromatic rings. The van der Waals surface area contributed by atoms with Crippen molar-refractivity contribution in [2.45, 2.75) is 6.92 Å². The summed E-state index contributed by atoms with van der Waals surface area (Å²) in [7, 11) is 1.33. The largest absolute Gasteiger partial charge is 0.466 e. The Kier molecular flexibility index (Phi) is 1.76. The predicted octanol–water partition coefficient (Wildman–Crippen LogP) is 0.977. The number of ether oxygens (including phenoxy) is 2. The molecule has 3 heteroatoms. The summed E-state index contributed by atoms with van der Waals surface area (Å²) >= 11 is 0. The first kappa shape index (κ1) is 6.86. The first-order valence-electron chi connectivity index (χ1n) is 2.89. The zero-order valence-electron chi connectivity index (χ0n) is 5.88. The molecule has 0 spiro atoms. The van der Waals surface area contributed by atoms with Crippen LogP contribution in [0.2, 0.25) is 0 Å². The molecule has 0 atom stereocenters. The molecule has 1 aliphatic rings. The number of methoxy groups -OCH3 is 1. The van der Waals surface area contributed by atoms with E-state index in [2.05, 4.69) is 4.74 Å². The summed E-state index contributed by atoms with van der Waals surface area (Å²) in [6.45, 7) is 1.83. The quantitative estimate of drug-likeness (QED) is 0.424. The molecule has 0 radical (unpaired) electrons. The molecule has 0 saturated heterocycles. The zero-order valence-corrected chi connectivity index (χ0v) is 5.88. The molecule has 0 fully saturated rings. The Morgan fingerprint density at radius 1 is 1.70 bits per heavy atom. The van der Waals surface area contributed by atoms with E-state index in [1.54, 1.807) is 6.08 Å². The van der Waals surface area contributed by atoms with Crippen molar-refractivity contribution in [3.05, 3.63) is 23.7 Å². The molecule has 1 heterocycles. The van der Waals surface area contributed by atoms with Crippen molar-refractivity contribution in [3.8, 4) is 0 Å². The van der Waals surface area contributed by atoms with Crippen LogP contribution in [0.5, 0.6) is 0 Å². The van der Waals surface area contributed by atoms with Gasteiger partial charge in [0, 0.05) is 6.08 Å². The lowest BCUT2D eigenvalue weighted by atomic mass is 10.4. The zero-order chi connectivity index (χ0) is 7.56. The first-order chi connectivity index (χ1) is 4.74. The predicted molar refractivity (Wildman–Crippen MR) is 34.9 cm³/mol. The average molecular weight is 140 g/mol. The minimum atomic E-state index is -0.365. The Bertz CT molecular complexity index is 213. The van der Waals surface area contributed by atoms with Crippen LogP contribution in [0.25, 0.3) is 0 Å². The highest BCUT2D eigenvalue weighted by atomic mass is 16.6. The number of hydrogen-bond donors (Lipinski definition) is 0. The van der Waals surface area contributed by atoms with Gasteiger partial charge in [-0.05, 0) is 13.0 Å². The molecule has 0 bridgehead atoms. The third-order valence-electron chi connectivity index (χ3n) is 1.14. The van der Waals surface area contributed by atoms with E-state index in [1.165, 1.54) is 13.2 Å². The number of allylic oxidation sites excluding steroid dienone is 2. The maximum absolute atomic E-state index is 10.5. The van der Waals surface area contributed by atoms with Crippen molar-refractivity contribution in [2.24, 2.45) is 0 Å². The fourth-order valence-corrected chi connectivity index (χ4v) is 0.503. The van der Waals surface area contributed by atoms with Gasteiger partial charge in [-0.25, -0.2) is 4.79 Å². The van der Waals surface area contributed by atoms with Crippen molar-refractivity contribution in [2.75, 3.05) is 7.11 Å². The molecule has 10 heavy (non-hydrogen) atoms. The topological polar surface area (TPSA) is 38.8 Å². The van der Waals surface area contributed by atoms with Crippen LogP contribution < -0.4 is 0 Å². The van der Waals surface area contributed by atoms with Crippen molar-refractivity contribution >= 4 is 5.97 Å². The van der Waals surface area contributed by atoms with Gasteiger partial charge >= 0.3 is 5.97 Å². The lowest BCUT2D eigenvalue weighted by Gasteiger charge is -1.85.